The molecule has 0 fully saturated rings. The van der Waals surface area contributed by atoms with E-state index < -0.39 is 0 Å². The van der Waals surface area contributed by atoms with Crippen molar-refractivity contribution >= 4 is 26.8 Å². The average Bonchev–Trinajstić information content (AvgIpc) is 2.15. The summed E-state index contributed by atoms with van der Waals surface area (Å²) in [6, 6.07) is 5.78. The van der Waals surface area contributed by atoms with Crippen LogP contribution >= 0.6 is 15.9 Å². The minimum atomic E-state index is -0.288. The van der Waals surface area contributed by atoms with Crippen LogP contribution in [0.3, 0.4) is 0 Å². The van der Waals surface area contributed by atoms with Gasteiger partial charge in [0.15, 0.2) is 0 Å². The minimum absolute atomic E-state index is 0.282. The van der Waals surface area contributed by atoms with Gasteiger partial charge in [-0.2, -0.15) is 4.98 Å². The summed E-state index contributed by atoms with van der Waals surface area (Å²) in [6.07, 6.45) is 0. The number of fused-ring (bicyclic) bond motifs is 1. The Morgan fingerprint density at radius 2 is 2.13 bits per heavy atom. The number of H-pyrrole nitrogens is 1. The number of hydrogen-bond acceptors (Lipinski definition) is 2. The molecule has 0 atom stereocenters. The zero-order valence-electron chi connectivity index (χ0n) is 8.54. The van der Waals surface area contributed by atoms with Gasteiger partial charge in [0.25, 0.3) is 0 Å². The van der Waals surface area contributed by atoms with Crippen molar-refractivity contribution in [3.63, 3.8) is 0 Å². The second-order valence-electron chi connectivity index (χ2n) is 3.77. The Morgan fingerprint density at radius 1 is 1.40 bits per heavy atom. The molecule has 1 aromatic heterocycles. The summed E-state index contributed by atoms with van der Waals surface area (Å²) in [5.41, 5.74) is 1.39. The van der Waals surface area contributed by atoms with E-state index in [1.54, 1.807) is 0 Å². The summed E-state index contributed by atoms with van der Waals surface area (Å²) in [4.78, 5) is 18.1. The molecular formula is C11H11BrN2O. The van der Waals surface area contributed by atoms with Crippen molar-refractivity contribution in [2.45, 2.75) is 19.8 Å². The van der Waals surface area contributed by atoms with E-state index in [9.17, 15) is 4.79 Å². The van der Waals surface area contributed by atoms with E-state index in [0.29, 0.717) is 0 Å². The topological polar surface area (TPSA) is 45.8 Å². The number of aromatic amines is 1. The highest BCUT2D eigenvalue weighted by molar-refractivity contribution is 9.10. The summed E-state index contributed by atoms with van der Waals surface area (Å²) in [5.74, 6) is 0.282. The Labute approximate surface area is 95.7 Å². The Bertz CT molecular complexity index is 560. The molecule has 0 saturated carbocycles. The Kier molecular flexibility index (Phi) is 2.61. The van der Waals surface area contributed by atoms with Crippen molar-refractivity contribution < 1.29 is 0 Å². The quantitative estimate of drug-likeness (QED) is 0.863. The van der Waals surface area contributed by atoms with E-state index in [0.717, 1.165) is 21.1 Å². The number of rotatable bonds is 1. The largest absolute Gasteiger partial charge is 0.345 e. The van der Waals surface area contributed by atoms with Crippen molar-refractivity contribution in [2.24, 2.45) is 0 Å². The number of benzene rings is 1. The van der Waals surface area contributed by atoms with Gasteiger partial charge in [-0.15, -0.1) is 0 Å². The van der Waals surface area contributed by atoms with Crippen molar-refractivity contribution in [3.05, 3.63) is 38.9 Å². The maximum Gasteiger partial charge on any atom is 0.345 e. The van der Waals surface area contributed by atoms with Gasteiger partial charge in [0, 0.05) is 15.6 Å². The molecule has 0 spiro atoms. The summed E-state index contributed by atoms with van der Waals surface area (Å²) < 4.78 is 0.933. The lowest BCUT2D eigenvalue weighted by Gasteiger charge is -2.08. The highest BCUT2D eigenvalue weighted by Gasteiger charge is 2.07. The monoisotopic (exact) mass is 266 g/mol. The van der Waals surface area contributed by atoms with E-state index in [1.807, 2.05) is 32.0 Å². The van der Waals surface area contributed by atoms with Crippen molar-refractivity contribution in [1.29, 1.82) is 0 Å². The van der Waals surface area contributed by atoms with Crippen LogP contribution in [0, 0.1) is 0 Å². The fourth-order valence-electron chi connectivity index (χ4n) is 1.60. The van der Waals surface area contributed by atoms with Crippen LogP contribution in [0.5, 0.6) is 0 Å². The number of nitrogens with zero attached hydrogens (tertiary/aromatic N) is 1. The first kappa shape index (κ1) is 10.4. The lowest BCUT2D eigenvalue weighted by atomic mass is 10.1. The van der Waals surface area contributed by atoms with Gasteiger partial charge in [0.1, 0.15) is 0 Å². The molecule has 1 aromatic carbocycles. The van der Waals surface area contributed by atoms with Gasteiger partial charge in [-0.3, -0.25) is 0 Å². The van der Waals surface area contributed by atoms with Crippen LogP contribution in [0.1, 0.15) is 25.5 Å². The summed E-state index contributed by atoms with van der Waals surface area (Å²) in [6.45, 7) is 4.10. The molecule has 4 heteroatoms. The number of nitrogens with one attached hydrogen (secondary N) is 1. The molecule has 0 aliphatic heterocycles. The highest BCUT2D eigenvalue weighted by Crippen LogP contribution is 2.23. The van der Waals surface area contributed by atoms with Gasteiger partial charge in [0.2, 0.25) is 0 Å². The molecule has 1 N–H and O–H groups in total. The lowest BCUT2D eigenvalue weighted by Crippen LogP contribution is -2.13. The molecule has 1 heterocycles. The standard InChI is InChI=1S/C11H11BrN2O/c1-6(2)10-8-4-3-7(12)5-9(8)13-11(15)14-10/h3-6H,1-2H3,(H,13,14,15). The van der Waals surface area contributed by atoms with Gasteiger partial charge in [0.05, 0.1) is 5.52 Å². The third-order valence-corrected chi connectivity index (χ3v) is 2.78. The smallest absolute Gasteiger partial charge is 0.309 e. The second-order valence-corrected chi connectivity index (χ2v) is 4.69. The first-order valence-electron chi connectivity index (χ1n) is 4.77. The molecule has 2 aromatic rings. The van der Waals surface area contributed by atoms with E-state index in [-0.39, 0.29) is 11.6 Å². The fraction of sp³-hybridized carbons (Fsp3) is 0.273. The Morgan fingerprint density at radius 3 is 2.80 bits per heavy atom. The van der Waals surface area contributed by atoms with E-state index >= 15 is 0 Å². The van der Waals surface area contributed by atoms with Crippen molar-refractivity contribution in [2.75, 3.05) is 0 Å². The van der Waals surface area contributed by atoms with Crippen LogP contribution in [-0.4, -0.2) is 9.97 Å². The van der Waals surface area contributed by atoms with Crippen molar-refractivity contribution in [3.8, 4) is 0 Å². The number of halogens is 1. The predicted molar refractivity (Wildman–Crippen MR) is 64.2 cm³/mol. The molecular weight excluding hydrogens is 256 g/mol. The number of aromatic nitrogens is 2. The summed E-state index contributed by atoms with van der Waals surface area (Å²) >= 11 is 3.37. The van der Waals surface area contributed by atoms with Crippen LogP contribution in [-0.2, 0) is 0 Å². The summed E-state index contributed by atoms with van der Waals surface area (Å²) in [7, 11) is 0. The third kappa shape index (κ3) is 1.95. The van der Waals surface area contributed by atoms with Gasteiger partial charge in [-0.05, 0) is 24.1 Å². The van der Waals surface area contributed by atoms with Crippen LogP contribution in [0.25, 0.3) is 10.9 Å². The predicted octanol–water partition coefficient (Wildman–Crippen LogP) is 2.81. The van der Waals surface area contributed by atoms with Gasteiger partial charge < -0.3 is 4.98 Å². The highest BCUT2D eigenvalue weighted by atomic mass is 79.9. The second kappa shape index (κ2) is 3.77. The number of hydrogen-bond donors (Lipinski definition) is 1. The lowest BCUT2D eigenvalue weighted by molar-refractivity contribution is 0.818. The molecule has 0 radical (unpaired) electrons. The molecule has 78 valence electrons. The molecule has 0 saturated heterocycles. The molecule has 0 aliphatic carbocycles. The van der Waals surface area contributed by atoms with E-state index in [1.165, 1.54) is 0 Å². The summed E-state index contributed by atoms with van der Waals surface area (Å²) in [5, 5.41) is 1.01. The minimum Gasteiger partial charge on any atom is -0.309 e. The van der Waals surface area contributed by atoms with Gasteiger partial charge >= 0.3 is 5.69 Å². The third-order valence-electron chi connectivity index (χ3n) is 2.29. The van der Waals surface area contributed by atoms with Gasteiger partial charge in [-0.25, -0.2) is 4.79 Å². The fourth-order valence-corrected chi connectivity index (χ4v) is 1.95. The SMILES string of the molecule is CC(C)c1[nH]c(=O)nc2cc(Br)ccc12. The first-order valence-corrected chi connectivity index (χ1v) is 5.56. The first-order chi connectivity index (χ1) is 7.08. The van der Waals surface area contributed by atoms with Crippen LogP contribution < -0.4 is 5.69 Å². The maximum atomic E-state index is 11.3. The average molecular weight is 267 g/mol. The zero-order chi connectivity index (χ0) is 11.0. The van der Waals surface area contributed by atoms with E-state index in [4.69, 9.17) is 0 Å². The van der Waals surface area contributed by atoms with Gasteiger partial charge in [-0.1, -0.05) is 29.8 Å². The zero-order valence-corrected chi connectivity index (χ0v) is 10.1. The maximum absolute atomic E-state index is 11.3. The molecule has 15 heavy (non-hydrogen) atoms. The molecule has 2 rings (SSSR count). The van der Waals surface area contributed by atoms with Crippen LogP contribution in [0.15, 0.2) is 27.5 Å². The Hall–Kier alpha value is -1.16. The normalized spacial score (nSPS) is 11.2. The van der Waals surface area contributed by atoms with Crippen LogP contribution in [0.2, 0.25) is 0 Å². The molecule has 0 bridgehead atoms. The van der Waals surface area contributed by atoms with Crippen LogP contribution in [0.4, 0.5) is 0 Å². The Balaban J connectivity index is 2.86. The van der Waals surface area contributed by atoms with Crippen molar-refractivity contribution in [1.82, 2.24) is 9.97 Å². The molecule has 3 nitrogen and oxygen atoms in total. The molecule has 0 aliphatic rings. The molecule has 0 amide bonds. The molecule has 0 unspecified atom stereocenters. The van der Waals surface area contributed by atoms with E-state index in [2.05, 4.69) is 25.9 Å².